The maximum absolute atomic E-state index is 12.1. The van der Waals surface area contributed by atoms with Crippen molar-refractivity contribution in [1.82, 2.24) is 0 Å². The second kappa shape index (κ2) is 10.7. The van der Waals surface area contributed by atoms with Gasteiger partial charge in [0.1, 0.15) is 9.79 Å². The minimum atomic E-state index is -5.13. The largest absolute Gasteiger partial charge is 0.272 e. The molecule has 36 heavy (non-hydrogen) atoms. The van der Waals surface area contributed by atoms with Gasteiger partial charge in [-0.2, -0.15) is 0 Å². The van der Waals surface area contributed by atoms with Crippen molar-refractivity contribution in [2.75, 3.05) is 0 Å². The zero-order chi connectivity index (χ0) is 28.4. The molecule has 0 aliphatic rings. The van der Waals surface area contributed by atoms with Crippen LogP contribution in [0, 0.1) is 0 Å². The van der Waals surface area contributed by atoms with E-state index in [0.717, 1.165) is 0 Å². The highest BCUT2D eigenvalue weighted by atomic mass is 35.7. The minimum absolute atomic E-state index is 0.0987. The fourth-order valence-electron chi connectivity index (χ4n) is 2.01. The minimum Gasteiger partial charge on any atom is -0.207 e. The third-order valence-electron chi connectivity index (χ3n) is 3.11. The van der Waals surface area contributed by atoms with Gasteiger partial charge in [-0.1, -0.05) is 0 Å². The molecule has 0 saturated carbocycles. The summed E-state index contributed by atoms with van der Waals surface area (Å²) >= 11 is -0.499. The summed E-state index contributed by atoms with van der Waals surface area (Å²) in [5.74, 6) is 0. The van der Waals surface area contributed by atoms with Gasteiger partial charge in [-0.15, -0.1) is 22.7 Å². The van der Waals surface area contributed by atoms with Gasteiger partial charge in [0.25, 0.3) is 54.3 Å². The average molecular weight is 821 g/mol. The first-order valence-electron chi connectivity index (χ1n) is 7.04. The van der Waals surface area contributed by atoms with E-state index in [1.165, 1.54) is 0 Å². The molecule has 206 valence electrons. The maximum Gasteiger partial charge on any atom is 0.272 e. The van der Waals surface area contributed by atoms with E-state index >= 15 is 0 Å². The Morgan fingerprint density at radius 1 is 0.389 bits per heavy atom. The van der Waals surface area contributed by atoms with Crippen molar-refractivity contribution in [1.29, 1.82) is 0 Å². The van der Waals surface area contributed by atoms with Crippen molar-refractivity contribution in [2.45, 2.75) is 36.4 Å². The van der Waals surface area contributed by atoms with Gasteiger partial charge in [-0.05, 0) is 21.6 Å². The van der Waals surface area contributed by atoms with Crippen LogP contribution in [0.3, 0.4) is 0 Å². The topological polar surface area (TPSA) is 205 Å². The van der Waals surface area contributed by atoms with E-state index in [-0.39, 0.29) is 44.3 Å². The molecular formula is C8Cl6O12S10. The Kier molecular flexibility index (Phi) is 10.1. The van der Waals surface area contributed by atoms with Crippen LogP contribution in [0.5, 0.6) is 0 Å². The van der Waals surface area contributed by atoms with E-state index in [2.05, 4.69) is 0 Å². The maximum atomic E-state index is 12.1. The Bertz CT molecular complexity index is 1770. The van der Waals surface area contributed by atoms with E-state index in [1.807, 2.05) is 0 Å². The van der Waals surface area contributed by atoms with Gasteiger partial charge in [0, 0.05) is 64.1 Å². The Balaban J connectivity index is 3.03. The van der Waals surface area contributed by atoms with Gasteiger partial charge in [0.15, 0.2) is 16.8 Å². The summed E-state index contributed by atoms with van der Waals surface area (Å²) in [6.07, 6.45) is 0. The first-order valence-corrected chi connectivity index (χ1v) is 24.7. The third kappa shape index (κ3) is 7.63. The summed E-state index contributed by atoms with van der Waals surface area (Å²) in [6.45, 7) is 0. The molecule has 28 heteroatoms. The van der Waals surface area contributed by atoms with Crippen molar-refractivity contribution in [3.8, 4) is 0 Å². The molecule has 0 atom stereocenters. The summed E-state index contributed by atoms with van der Waals surface area (Å²) in [7, 11) is 1.07. The average Bonchev–Trinajstić information content (AvgIpc) is 3.17. The van der Waals surface area contributed by atoms with E-state index in [0.29, 0.717) is 0 Å². The summed E-state index contributed by atoms with van der Waals surface area (Å²) in [4.78, 5) is -4.89. The molecule has 2 heterocycles. The molecule has 2 aromatic rings. The second-order valence-corrected chi connectivity index (χ2v) is 25.7. The quantitative estimate of drug-likeness (QED) is 0.257. The van der Waals surface area contributed by atoms with Gasteiger partial charge >= 0.3 is 0 Å². The summed E-state index contributed by atoms with van der Waals surface area (Å²) in [6, 6.07) is 0. The predicted octanol–water partition coefficient (Wildman–Crippen LogP) is 4.17. The summed E-state index contributed by atoms with van der Waals surface area (Å²) < 4.78 is 139. The van der Waals surface area contributed by atoms with Crippen LogP contribution in [0.25, 0.3) is 0 Å². The number of rotatable bonds is 9. The Morgan fingerprint density at radius 3 is 0.778 bits per heavy atom. The van der Waals surface area contributed by atoms with Gasteiger partial charge in [0.05, 0.1) is 9.79 Å². The van der Waals surface area contributed by atoms with Crippen LogP contribution in [0.4, 0.5) is 0 Å². The molecule has 0 aliphatic heterocycles. The van der Waals surface area contributed by atoms with Crippen LogP contribution in [-0.4, -0.2) is 50.5 Å². The molecule has 2 rings (SSSR count). The fraction of sp³-hybridized carbons (Fsp3) is 0. The lowest BCUT2D eigenvalue weighted by atomic mass is 10.6. The molecule has 0 fully saturated rings. The van der Waals surface area contributed by atoms with E-state index in [1.54, 1.807) is 0 Å². The monoisotopic (exact) mass is 817 g/mol. The van der Waals surface area contributed by atoms with Gasteiger partial charge < -0.3 is 0 Å². The van der Waals surface area contributed by atoms with E-state index in [4.69, 9.17) is 64.1 Å². The summed E-state index contributed by atoms with van der Waals surface area (Å²) in [5, 5.41) is 0. The van der Waals surface area contributed by atoms with Crippen molar-refractivity contribution in [3.63, 3.8) is 0 Å². The first-order chi connectivity index (χ1) is 15.7. The Hall–Kier alpha value is 1.54. The smallest absolute Gasteiger partial charge is 0.207 e. The SMILES string of the molecule is O=S(=O)(Cl)c1sc(S(=O)(=O)Cl)c(S(=O)(=O)Cl)c1SSc1c(S(=O)(=O)Cl)sc(S(=O)(=O)Cl)c1S(=O)(=O)Cl. The number of thiophene rings is 2. The third-order valence-corrected chi connectivity index (χ3v) is 20.3. The van der Waals surface area contributed by atoms with Crippen LogP contribution < -0.4 is 0 Å². The molecule has 0 unspecified atom stereocenters. The lowest BCUT2D eigenvalue weighted by Crippen LogP contribution is -2.00. The molecule has 0 spiro atoms. The highest BCUT2D eigenvalue weighted by molar-refractivity contribution is 8.76. The lowest BCUT2D eigenvalue weighted by Gasteiger charge is -2.06. The van der Waals surface area contributed by atoms with Crippen LogP contribution >= 0.6 is 108 Å². The number of hydrogen-bond acceptors (Lipinski definition) is 16. The number of halogens is 6. The molecule has 12 nitrogen and oxygen atoms in total. The van der Waals surface area contributed by atoms with Gasteiger partial charge in [0.2, 0.25) is 0 Å². The molecule has 0 N–H and O–H groups in total. The number of hydrogen-bond donors (Lipinski definition) is 0. The molecule has 0 amide bonds. The molecule has 0 aliphatic carbocycles. The highest BCUT2D eigenvalue weighted by Gasteiger charge is 2.40. The molecule has 0 saturated heterocycles. The second-order valence-electron chi connectivity index (χ2n) is 5.46. The van der Waals surface area contributed by atoms with Crippen molar-refractivity contribution >= 4 is 163 Å². The van der Waals surface area contributed by atoms with E-state index in [9.17, 15) is 50.5 Å². The van der Waals surface area contributed by atoms with Gasteiger partial charge in [-0.3, -0.25) is 0 Å². The van der Waals surface area contributed by atoms with Gasteiger partial charge in [-0.25, -0.2) is 50.5 Å². The molecule has 0 radical (unpaired) electrons. The first kappa shape index (κ1) is 33.7. The summed E-state index contributed by atoms with van der Waals surface area (Å²) in [5.41, 5.74) is 0. The van der Waals surface area contributed by atoms with Crippen LogP contribution in [0.1, 0.15) is 0 Å². The predicted molar refractivity (Wildman–Crippen MR) is 139 cm³/mol. The zero-order valence-corrected chi connectivity index (χ0v) is 27.9. The van der Waals surface area contributed by atoms with Crippen molar-refractivity contribution in [2.24, 2.45) is 0 Å². The molecule has 0 bridgehead atoms. The molecular weight excluding hydrogens is 821 g/mol. The standard InChI is InChI=1S/C8Cl6O12S10/c9-31(15,16)3-1(5(33(11,19)20)27-7(3)35(13,23)24)29-30-2-4(32(10,17)18)8(36(14,25)26)28-6(2)34(12,21)22. The van der Waals surface area contributed by atoms with E-state index < -0.39 is 90.7 Å². The zero-order valence-electron chi connectivity index (χ0n) is 15.2. The Morgan fingerprint density at radius 2 is 0.611 bits per heavy atom. The van der Waals surface area contributed by atoms with Crippen molar-refractivity contribution < 1.29 is 50.5 Å². The fourth-order valence-corrected chi connectivity index (χ4v) is 20.9. The normalized spacial score (nSPS) is 14.3. The molecule has 2 aromatic heterocycles. The van der Waals surface area contributed by atoms with Crippen molar-refractivity contribution in [3.05, 3.63) is 0 Å². The molecule has 0 aromatic carbocycles. The highest BCUT2D eigenvalue weighted by Crippen LogP contribution is 2.56. The van der Waals surface area contributed by atoms with Crippen LogP contribution in [0.15, 0.2) is 36.4 Å². The van der Waals surface area contributed by atoms with Crippen LogP contribution in [-0.2, 0) is 54.3 Å². The Labute approximate surface area is 246 Å². The lowest BCUT2D eigenvalue weighted by molar-refractivity contribution is 0.596. The van der Waals surface area contributed by atoms with Crippen LogP contribution in [0.2, 0.25) is 0 Å².